The Morgan fingerprint density at radius 3 is 2.03 bits per heavy atom. The molecule has 0 bridgehead atoms. The van der Waals surface area contributed by atoms with Crippen LogP contribution in [0.2, 0.25) is 0 Å². The van der Waals surface area contributed by atoms with Crippen molar-refractivity contribution in [3.05, 3.63) is 64.7 Å². The molecule has 0 aromatic heterocycles. The highest BCUT2D eigenvalue weighted by Crippen LogP contribution is 2.35. The molecule has 0 saturated heterocycles. The van der Waals surface area contributed by atoms with Gasteiger partial charge in [-0.2, -0.15) is 0 Å². The van der Waals surface area contributed by atoms with Gasteiger partial charge in [-0.05, 0) is 79.3 Å². The van der Waals surface area contributed by atoms with E-state index in [2.05, 4.69) is 53.7 Å². The minimum Gasteiger partial charge on any atom is -0.491 e. The fraction of sp³-hybridized carbons (Fsp3) is 0.556. The molecule has 3 nitrogen and oxygen atoms in total. The molecule has 2 aromatic rings. The number of ether oxygens (including phenoxy) is 2. The van der Waals surface area contributed by atoms with Crippen LogP contribution in [0.5, 0.6) is 5.75 Å². The van der Waals surface area contributed by atoms with Gasteiger partial charge in [0.15, 0.2) is 0 Å². The molecule has 0 atom stereocenters. The molecule has 31 heavy (non-hydrogen) atoms. The highest BCUT2D eigenvalue weighted by Gasteiger charge is 2.24. The van der Waals surface area contributed by atoms with Gasteiger partial charge in [-0.3, -0.25) is 0 Å². The summed E-state index contributed by atoms with van der Waals surface area (Å²) in [6, 6.07) is 14.4. The van der Waals surface area contributed by atoms with E-state index in [9.17, 15) is 0 Å². The third-order valence-electron chi connectivity index (χ3n) is 5.15. The Balaban J connectivity index is 0.00000480. The van der Waals surface area contributed by atoms with Gasteiger partial charge in [0, 0.05) is 0 Å². The van der Waals surface area contributed by atoms with Crippen molar-refractivity contribution >= 4 is 11.6 Å². The standard InChI is InChI=1S/C27H39ClO2.H2O/c1-20(2)18-22-12-13-26(27(5,6)28)24(25(22)19-21(3)4)14-15-29-16-17-30-23-10-8-7-9-11-23;/h7-13,20-21H,14-19H2,1-6H3;1H2. The van der Waals surface area contributed by atoms with Crippen LogP contribution in [0.1, 0.15) is 63.8 Å². The normalized spacial score (nSPS) is 11.6. The van der Waals surface area contributed by atoms with E-state index < -0.39 is 4.87 Å². The number of benzene rings is 2. The summed E-state index contributed by atoms with van der Waals surface area (Å²) in [7, 11) is 0. The van der Waals surface area contributed by atoms with E-state index in [1.165, 1.54) is 22.3 Å². The first-order valence-corrected chi connectivity index (χ1v) is 11.6. The van der Waals surface area contributed by atoms with Gasteiger partial charge in [-0.15, -0.1) is 11.6 Å². The van der Waals surface area contributed by atoms with Crippen molar-refractivity contribution in [1.29, 1.82) is 0 Å². The van der Waals surface area contributed by atoms with Crippen molar-refractivity contribution in [2.45, 2.75) is 65.7 Å². The van der Waals surface area contributed by atoms with E-state index in [0.29, 0.717) is 31.7 Å². The van der Waals surface area contributed by atoms with Crippen molar-refractivity contribution < 1.29 is 14.9 Å². The molecular formula is C27H41ClO3. The molecule has 0 aliphatic heterocycles. The van der Waals surface area contributed by atoms with Crippen molar-refractivity contribution in [2.24, 2.45) is 11.8 Å². The Hall–Kier alpha value is -1.55. The van der Waals surface area contributed by atoms with Crippen LogP contribution in [0.3, 0.4) is 0 Å². The number of para-hydroxylation sites is 1. The highest BCUT2D eigenvalue weighted by atomic mass is 35.5. The van der Waals surface area contributed by atoms with Gasteiger partial charge in [0.05, 0.1) is 18.1 Å². The Labute approximate surface area is 194 Å². The van der Waals surface area contributed by atoms with E-state index in [1.807, 2.05) is 30.3 Å². The Kier molecular flexibility index (Phi) is 11.6. The topological polar surface area (TPSA) is 50.0 Å². The summed E-state index contributed by atoms with van der Waals surface area (Å²) >= 11 is 6.80. The number of hydrogen-bond acceptors (Lipinski definition) is 2. The average Bonchev–Trinajstić information content (AvgIpc) is 2.65. The summed E-state index contributed by atoms with van der Waals surface area (Å²) in [6.07, 6.45) is 3.06. The second-order valence-corrected chi connectivity index (χ2v) is 10.4. The fourth-order valence-electron chi connectivity index (χ4n) is 3.89. The van der Waals surface area contributed by atoms with Crippen molar-refractivity contribution in [3.8, 4) is 5.75 Å². The summed E-state index contributed by atoms with van der Waals surface area (Å²) in [6.45, 7) is 15.1. The number of hydrogen-bond donors (Lipinski definition) is 0. The molecule has 0 saturated carbocycles. The van der Waals surface area contributed by atoms with Crippen LogP contribution >= 0.6 is 11.6 Å². The van der Waals surface area contributed by atoms with Crippen LogP contribution in [0, 0.1) is 11.8 Å². The predicted molar refractivity (Wildman–Crippen MR) is 132 cm³/mol. The van der Waals surface area contributed by atoms with Gasteiger partial charge in [0.2, 0.25) is 0 Å². The maximum Gasteiger partial charge on any atom is 0.119 e. The molecule has 0 fully saturated rings. The first kappa shape index (κ1) is 27.5. The molecule has 0 aliphatic rings. The average molecular weight is 449 g/mol. The molecule has 2 aromatic carbocycles. The summed E-state index contributed by atoms with van der Waals surface area (Å²) < 4.78 is 11.7. The van der Waals surface area contributed by atoms with E-state index in [0.717, 1.165) is 25.0 Å². The highest BCUT2D eigenvalue weighted by molar-refractivity contribution is 6.23. The van der Waals surface area contributed by atoms with Crippen LogP contribution in [0.15, 0.2) is 42.5 Å². The third-order valence-corrected chi connectivity index (χ3v) is 5.35. The Morgan fingerprint density at radius 2 is 1.45 bits per heavy atom. The summed E-state index contributed by atoms with van der Waals surface area (Å²) in [4.78, 5) is -0.395. The monoisotopic (exact) mass is 448 g/mol. The molecule has 0 heterocycles. The van der Waals surface area contributed by atoms with Crippen LogP contribution in [0.4, 0.5) is 0 Å². The van der Waals surface area contributed by atoms with Crippen molar-refractivity contribution in [1.82, 2.24) is 0 Å². The minimum absolute atomic E-state index is 0. The second kappa shape index (κ2) is 13.1. The minimum atomic E-state index is -0.395. The molecule has 2 N–H and O–H groups in total. The lowest BCUT2D eigenvalue weighted by molar-refractivity contribution is 0.102. The predicted octanol–water partition coefficient (Wildman–Crippen LogP) is 6.37. The SMILES string of the molecule is CC(C)Cc1ccc(C(C)(C)Cl)c(CCOCCOc2ccccc2)c1CC(C)C.O. The van der Waals surface area contributed by atoms with E-state index >= 15 is 0 Å². The van der Waals surface area contributed by atoms with Crippen LogP contribution in [-0.4, -0.2) is 25.3 Å². The van der Waals surface area contributed by atoms with Crippen molar-refractivity contribution in [2.75, 3.05) is 19.8 Å². The number of rotatable bonds is 12. The largest absolute Gasteiger partial charge is 0.491 e. The van der Waals surface area contributed by atoms with E-state index in [-0.39, 0.29) is 5.48 Å². The number of alkyl halides is 1. The van der Waals surface area contributed by atoms with Gasteiger partial charge in [0.1, 0.15) is 12.4 Å². The fourth-order valence-corrected chi connectivity index (χ4v) is 4.07. The van der Waals surface area contributed by atoms with Gasteiger partial charge < -0.3 is 14.9 Å². The molecular weight excluding hydrogens is 408 g/mol. The van der Waals surface area contributed by atoms with E-state index in [1.54, 1.807) is 0 Å². The first-order valence-electron chi connectivity index (χ1n) is 11.3. The zero-order valence-corrected chi connectivity index (χ0v) is 20.9. The van der Waals surface area contributed by atoms with Crippen LogP contribution in [-0.2, 0) is 28.9 Å². The quantitative estimate of drug-likeness (QED) is 0.279. The Bertz CT molecular complexity index is 764. The second-order valence-electron chi connectivity index (χ2n) is 9.42. The number of halogens is 1. The summed E-state index contributed by atoms with van der Waals surface area (Å²) in [5.41, 5.74) is 5.56. The molecule has 0 spiro atoms. The molecule has 0 amide bonds. The van der Waals surface area contributed by atoms with Gasteiger partial charge in [-0.1, -0.05) is 58.0 Å². The first-order chi connectivity index (χ1) is 14.2. The molecule has 4 heteroatoms. The lowest BCUT2D eigenvalue weighted by Gasteiger charge is -2.27. The molecule has 174 valence electrons. The zero-order valence-electron chi connectivity index (χ0n) is 20.1. The van der Waals surface area contributed by atoms with Gasteiger partial charge >= 0.3 is 0 Å². The zero-order chi connectivity index (χ0) is 22.1. The maximum absolute atomic E-state index is 6.80. The third kappa shape index (κ3) is 9.22. The lowest BCUT2D eigenvalue weighted by atomic mass is 9.83. The van der Waals surface area contributed by atoms with E-state index in [4.69, 9.17) is 21.1 Å². The van der Waals surface area contributed by atoms with Crippen LogP contribution < -0.4 is 4.74 Å². The summed E-state index contributed by atoms with van der Waals surface area (Å²) in [5, 5.41) is 0. The summed E-state index contributed by atoms with van der Waals surface area (Å²) in [5.74, 6) is 2.11. The molecule has 2 rings (SSSR count). The smallest absolute Gasteiger partial charge is 0.119 e. The van der Waals surface area contributed by atoms with Crippen molar-refractivity contribution in [3.63, 3.8) is 0 Å². The Morgan fingerprint density at radius 1 is 0.806 bits per heavy atom. The lowest BCUT2D eigenvalue weighted by Crippen LogP contribution is -2.18. The molecule has 0 aliphatic carbocycles. The van der Waals surface area contributed by atoms with Gasteiger partial charge in [-0.25, -0.2) is 0 Å². The maximum atomic E-state index is 6.80. The van der Waals surface area contributed by atoms with Gasteiger partial charge in [0.25, 0.3) is 0 Å². The molecule has 0 radical (unpaired) electrons. The molecule has 0 unspecified atom stereocenters. The van der Waals surface area contributed by atoms with Crippen LogP contribution in [0.25, 0.3) is 0 Å².